The largest absolute Gasteiger partial charge is 0.497 e. The maximum atomic E-state index is 11.3. The maximum absolute atomic E-state index is 11.3. The first-order valence-corrected chi connectivity index (χ1v) is 6.82. The van der Waals surface area contributed by atoms with Crippen LogP contribution >= 0.6 is 0 Å². The maximum Gasteiger partial charge on any atom is 0.338 e. The van der Waals surface area contributed by atoms with Gasteiger partial charge in [-0.2, -0.15) is 0 Å². The van der Waals surface area contributed by atoms with Gasteiger partial charge in [0.2, 0.25) is 0 Å². The molecule has 2 rings (SSSR count). The average molecular weight is 282 g/mol. The highest BCUT2D eigenvalue weighted by Crippen LogP contribution is 2.24. The summed E-state index contributed by atoms with van der Waals surface area (Å²) in [6, 6.07) is 12.0. The minimum Gasteiger partial charge on any atom is -0.497 e. The Morgan fingerprint density at radius 1 is 1.19 bits per heavy atom. The van der Waals surface area contributed by atoms with Crippen molar-refractivity contribution in [2.24, 2.45) is 0 Å². The Balaban J connectivity index is 2.34. The molecule has 0 unspecified atom stereocenters. The first-order chi connectivity index (χ1) is 10.1. The Morgan fingerprint density at radius 3 is 2.62 bits per heavy atom. The minimum absolute atomic E-state index is 0.369. The average Bonchev–Trinajstić information content (AvgIpc) is 2.51. The molecule has 0 saturated heterocycles. The van der Waals surface area contributed by atoms with Crippen LogP contribution in [0.3, 0.4) is 0 Å². The molecule has 3 nitrogen and oxygen atoms in total. The molecule has 2 aromatic rings. The van der Waals surface area contributed by atoms with Crippen molar-refractivity contribution < 1.29 is 14.3 Å². The van der Waals surface area contributed by atoms with E-state index in [1.165, 1.54) is 6.08 Å². The lowest BCUT2D eigenvalue weighted by atomic mass is 10.0. The molecule has 0 bridgehead atoms. The SMILES string of the molecule is CCOC(=O)C=C=C(C)c1ccc2cc(OC)ccc2c1. The zero-order chi connectivity index (χ0) is 15.2. The van der Waals surface area contributed by atoms with Crippen molar-refractivity contribution in [3.8, 4) is 5.75 Å². The number of methoxy groups -OCH3 is 1. The van der Waals surface area contributed by atoms with E-state index in [1.54, 1.807) is 14.0 Å². The Morgan fingerprint density at radius 2 is 1.90 bits per heavy atom. The summed E-state index contributed by atoms with van der Waals surface area (Å²) in [6.07, 6.45) is 1.33. The highest BCUT2D eigenvalue weighted by molar-refractivity contribution is 5.88. The summed E-state index contributed by atoms with van der Waals surface area (Å²) in [5.74, 6) is 0.465. The van der Waals surface area contributed by atoms with E-state index in [-0.39, 0.29) is 5.97 Å². The third-order valence-electron chi connectivity index (χ3n) is 3.17. The van der Waals surface area contributed by atoms with Crippen LogP contribution in [-0.4, -0.2) is 19.7 Å². The van der Waals surface area contributed by atoms with Gasteiger partial charge in [-0.1, -0.05) is 18.2 Å². The third-order valence-corrected chi connectivity index (χ3v) is 3.17. The molecule has 0 radical (unpaired) electrons. The second-order valence-corrected chi connectivity index (χ2v) is 4.59. The van der Waals surface area contributed by atoms with Crippen LogP contribution in [0.4, 0.5) is 0 Å². The monoisotopic (exact) mass is 282 g/mol. The van der Waals surface area contributed by atoms with E-state index in [2.05, 4.69) is 11.8 Å². The number of hydrogen-bond acceptors (Lipinski definition) is 3. The fourth-order valence-electron chi connectivity index (χ4n) is 2.02. The summed E-state index contributed by atoms with van der Waals surface area (Å²) in [4.78, 5) is 11.3. The van der Waals surface area contributed by atoms with Crippen LogP contribution in [0.5, 0.6) is 5.75 Å². The number of rotatable bonds is 4. The molecule has 0 spiro atoms. The van der Waals surface area contributed by atoms with Crippen LogP contribution in [-0.2, 0) is 9.53 Å². The highest BCUT2D eigenvalue weighted by atomic mass is 16.5. The van der Waals surface area contributed by atoms with Crippen molar-refractivity contribution in [3.05, 3.63) is 53.8 Å². The van der Waals surface area contributed by atoms with Crippen LogP contribution in [0.25, 0.3) is 16.3 Å². The molecule has 0 amide bonds. The molecule has 0 fully saturated rings. The molecule has 108 valence electrons. The lowest BCUT2D eigenvalue weighted by Crippen LogP contribution is -1.98. The molecular formula is C18H18O3. The quantitative estimate of drug-likeness (QED) is 0.483. The fourth-order valence-corrected chi connectivity index (χ4v) is 2.02. The smallest absolute Gasteiger partial charge is 0.338 e. The Kier molecular flexibility index (Phi) is 4.81. The van der Waals surface area contributed by atoms with Gasteiger partial charge in [-0.15, -0.1) is 5.73 Å². The number of esters is 1. The van der Waals surface area contributed by atoms with E-state index in [9.17, 15) is 4.79 Å². The highest BCUT2D eigenvalue weighted by Gasteiger charge is 2.00. The number of ether oxygens (including phenoxy) is 2. The summed E-state index contributed by atoms with van der Waals surface area (Å²) in [7, 11) is 1.66. The molecule has 0 aliphatic carbocycles. The van der Waals surface area contributed by atoms with Gasteiger partial charge in [0.1, 0.15) is 5.75 Å². The number of carbonyl (C=O) groups is 1. The zero-order valence-electron chi connectivity index (χ0n) is 12.5. The van der Waals surface area contributed by atoms with Gasteiger partial charge in [-0.05, 0) is 54.0 Å². The summed E-state index contributed by atoms with van der Waals surface area (Å²) in [5.41, 5.74) is 4.87. The summed E-state index contributed by atoms with van der Waals surface area (Å²) in [6.45, 7) is 4.06. The molecular weight excluding hydrogens is 264 g/mol. The second kappa shape index (κ2) is 6.78. The molecule has 0 aliphatic heterocycles. The standard InChI is InChI=1S/C18H18O3/c1-4-21-18(19)10-5-13(2)14-6-7-16-12-17(20-3)9-8-15(16)11-14/h6-12H,4H2,1-3H3. The lowest BCUT2D eigenvalue weighted by molar-refractivity contribution is -0.137. The third kappa shape index (κ3) is 3.74. The van der Waals surface area contributed by atoms with Crippen LogP contribution in [0.2, 0.25) is 0 Å². The predicted molar refractivity (Wildman–Crippen MR) is 84.3 cm³/mol. The van der Waals surface area contributed by atoms with Crippen LogP contribution in [0, 0.1) is 0 Å². The van der Waals surface area contributed by atoms with Gasteiger partial charge < -0.3 is 9.47 Å². The van der Waals surface area contributed by atoms with Crippen LogP contribution in [0.15, 0.2) is 48.2 Å². The van der Waals surface area contributed by atoms with E-state index in [4.69, 9.17) is 9.47 Å². The summed E-state index contributed by atoms with van der Waals surface area (Å²) >= 11 is 0. The molecule has 0 heterocycles. The number of benzene rings is 2. The molecule has 3 heteroatoms. The second-order valence-electron chi connectivity index (χ2n) is 4.59. The summed E-state index contributed by atoms with van der Waals surface area (Å²) in [5, 5.41) is 2.23. The summed E-state index contributed by atoms with van der Waals surface area (Å²) < 4.78 is 10.1. The van der Waals surface area contributed by atoms with E-state index in [0.29, 0.717) is 6.61 Å². The van der Waals surface area contributed by atoms with Gasteiger partial charge in [-0.3, -0.25) is 0 Å². The number of carbonyl (C=O) groups excluding carboxylic acids is 1. The van der Waals surface area contributed by atoms with Crippen LogP contribution in [0.1, 0.15) is 19.4 Å². The van der Waals surface area contributed by atoms with Gasteiger partial charge in [0.05, 0.1) is 19.8 Å². The van der Waals surface area contributed by atoms with Crippen molar-refractivity contribution >= 4 is 22.3 Å². The van der Waals surface area contributed by atoms with Gasteiger partial charge in [0, 0.05) is 0 Å². The lowest BCUT2D eigenvalue weighted by Gasteiger charge is -2.05. The molecule has 0 aromatic heterocycles. The fraction of sp³-hybridized carbons (Fsp3) is 0.222. The van der Waals surface area contributed by atoms with E-state index in [1.807, 2.05) is 37.3 Å². The van der Waals surface area contributed by atoms with Gasteiger partial charge in [0.15, 0.2) is 0 Å². The number of fused-ring (bicyclic) bond motifs is 1. The Hall–Kier alpha value is -2.51. The van der Waals surface area contributed by atoms with E-state index < -0.39 is 0 Å². The molecule has 0 aliphatic rings. The van der Waals surface area contributed by atoms with Gasteiger partial charge in [0.25, 0.3) is 0 Å². The van der Waals surface area contributed by atoms with Gasteiger partial charge >= 0.3 is 5.97 Å². The van der Waals surface area contributed by atoms with Crippen molar-refractivity contribution in [2.45, 2.75) is 13.8 Å². The van der Waals surface area contributed by atoms with E-state index in [0.717, 1.165) is 27.7 Å². The molecule has 0 saturated carbocycles. The predicted octanol–water partition coefficient (Wildman–Crippen LogP) is 3.97. The Labute approximate surface area is 124 Å². The topological polar surface area (TPSA) is 35.5 Å². The van der Waals surface area contributed by atoms with Crippen molar-refractivity contribution in [1.29, 1.82) is 0 Å². The van der Waals surface area contributed by atoms with Crippen LogP contribution < -0.4 is 4.74 Å². The molecule has 0 atom stereocenters. The molecule has 0 N–H and O–H groups in total. The normalized spacial score (nSPS) is 9.86. The van der Waals surface area contributed by atoms with Crippen molar-refractivity contribution in [2.75, 3.05) is 13.7 Å². The minimum atomic E-state index is -0.373. The van der Waals surface area contributed by atoms with E-state index >= 15 is 0 Å². The zero-order valence-corrected chi connectivity index (χ0v) is 12.5. The first kappa shape index (κ1) is 14.9. The molecule has 21 heavy (non-hydrogen) atoms. The number of hydrogen-bond donors (Lipinski definition) is 0. The first-order valence-electron chi connectivity index (χ1n) is 6.82. The molecule has 2 aromatic carbocycles. The Bertz CT molecular complexity index is 722. The van der Waals surface area contributed by atoms with Crippen molar-refractivity contribution in [3.63, 3.8) is 0 Å². The van der Waals surface area contributed by atoms with Gasteiger partial charge in [-0.25, -0.2) is 4.79 Å². The van der Waals surface area contributed by atoms with Crippen molar-refractivity contribution in [1.82, 2.24) is 0 Å².